The second-order valence-corrected chi connectivity index (χ2v) is 16.8. The quantitative estimate of drug-likeness (QED) is 0.0661. The van der Waals surface area contributed by atoms with Crippen molar-refractivity contribution in [1.82, 2.24) is 9.13 Å². The van der Waals surface area contributed by atoms with Crippen LogP contribution in [0, 0.1) is 27.7 Å². The minimum atomic E-state index is -4.42. The van der Waals surface area contributed by atoms with Crippen molar-refractivity contribution in [3.63, 3.8) is 0 Å². The standard InChI is InChI=1S/C55H54F6N3/c1-8-13-42-24-25-43-28-29-62-48(27-26-45-32-39(5)64(41(45)7)51-21-11-17-47(34-51)55(59,60)61)18-12-19-49(62)35-53(43)52(42)30-37(3)15-9-14-36(2)22-23-44-31-38(4)63(40(44)6)50-20-10-16-46(33-50)54(56,57)58/h9-12,14-27,31-34H,2,8,13,28-30,35H2,1,3-7H3/q+1/b14-9-,23-22+,37-15+. The molecule has 6 aromatic rings. The van der Waals surface area contributed by atoms with E-state index in [0.29, 0.717) is 11.4 Å². The fourth-order valence-corrected chi connectivity index (χ4v) is 9.01. The van der Waals surface area contributed by atoms with Crippen molar-refractivity contribution in [3.8, 4) is 11.4 Å². The van der Waals surface area contributed by atoms with E-state index in [1.54, 1.807) is 12.1 Å². The summed E-state index contributed by atoms with van der Waals surface area (Å²) < 4.78 is 87.0. The van der Waals surface area contributed by atoms with E-state index in [1.165, 1.54) is 57.8 Å². The van der Waals surface area contributed by atoms with Crippen LogP contribution in [-0.4, -0.2) is 9.13 Å². The van der Waals surface area contributed by atoms with Crippen molar-refractivity contribution >= 4 is 18.2 Å². The highest BCUT2D eigenvalue weighted by Gasteiger charge is 2.32. The lowest BCUT2D eigenvalue weighted by Gasteiger charge is -2.17. The number of alkyl halides is 6. The summed E-state index contributed by atoms with van der Waals surface area (Å²) in [5.74, 6) is 0. The van der Waals surface area contributed by atoms with Gasteiger partial charge in [-0.2, -0.15) is 30.9 Å². The molecule has 3 nitrogen and oxygen atoms in total. The average molecular weight is 871 g/mol. The largest absolute Gasteiger partial charge is 0.416 e. The van der Waals surface area contributed by atoms with E-state index >= 15 is 0 Å². The zero-order valence-corrected chi connectivity index (χ0v) is 37.3. The molecule has 0 saturated heterocycles. The number of hydrogen-bond acceptors (Lipinski definition) is 0. The molecule has 0 N–H and O–H groups in total. The molecule has 0 bridgehead atoms. The van der Waals surface area contributed by atoms with E-state index in [9.17, 15) is 26.3 Å². The van der Waals surface area contributed by atoms with Gasteiger partial charge in [0.2, 0.25) is 5.69 Å². The van der Waals surface area contributed by atoms with Crippen molar-refractivity contribution < 1.29 is 30.9 Å². The van der Waals surface area contributed by atoms with Crippen molar-refractivity contribution in [1.29, 1.82) is 0 Å². The van der Waals surface area contributed by atoms with Crippen LogP contribution in [0.2, 0.25) is 0 Å². The van der Waals surface area contributed by atoms with Gasteiger partial charge in [0, 0.05) is 58.8 Å². The lowest BCUT2D eigenvalue weighted by atomic mass is 9.87. The molecule has 1 aliphatic heterocycles. The lowest BCUT2D eigenvalue weighted by molar-refractivity contribution is -0.704. The van der Waals surface area contributed by atoms with E-state index in [-0.39, 0.29) is 0 Å². The number of rotatable bonds is 12. The van der Waals surface area contributed by atoms with E-state index in [1.807, 2.05) is 73.3 Å². The first kappa shape index (κ1) is 45.7. The molecule has 9 heteroatoms. The third-order valence-electron chi connectivity index (χ3n) is 12.2. The van der Waals surface area contributed by atoms with Gasteiger partial charge in [-0.05, 0) is 147 Å². The van der Waals surface area contributed by atoms with Gasteiger partial charge < -0.3 is 9.13 Å². The summed E-state index contributed by atoms with van der Waals surface area (Å²) in [6.07, 6.45) is 9.87. The monoisotopic (exact) mass is 870 g/mol. The number of nitrogens with zero attached hydrogens (tertiary/aromatic N) is 3. The molecular formula is C55H54F6N3+. The highest BCUT2D eigenvalue weighted by molar-refractivity contribution is 5.70. The van der Waals surface area contributed by atoms with Crippen LogP contribution in [0.25, 0.3) is 29.6 Å². The molecule has 0 fully saturated rings. The van der Waals surface area contributed by atoms with Crippen LogP contribution in [0.3, 0.4) is 0 Å². The Balaban J connectivity index is 1.08. The summed E-state index contributed by atoms with van der Waals surface area (Å²) in [6.45, 7) is 17.1. The first-order valence-corrected chi connectivity index (χ1v) is 21.7. The Bertz CT molecular complexity index is 2840. The summed E-state index contributed by atoms with van der Waals surface area (Å²) in [4.78, 5) is 0. The Morgan fingerprint density at radius 2 is 1.31 bits per heavy atom. The molecule has 0 unspecified atom stereocenters. The number of fused-ring (bicyclic) bond motifs is 2. The number of aryl methyl sites for hydroxylation is 4. The Labute approximate surface area is 372 Å². The SMILES string of the molecule is C=C(/C=C\C=C(/C)Cc1c(CCC)ccc2c1Cc1cccc(/C=C/c3cc(C)n(-c4cccc(C(F)(F)F)c4)c3C)[n+]1CC2)/C=C/c1cc(C)n(-c2cccc(C(F)(F)F)c2)c1C. The van der Waals surface area contributed by atoms with Gasteiger partial charge in [-0.25, -0.2) is 0 Å². The molecule has 7 rings (SSSR count). The molecule has 0 radical (unpaired) electrons. The summed E-state index contributed by atoms with van der Waals surface area (Å²) in [6, 6.07) is 25.9. The summed E-state index contributed by atoms with van der Waals surface area (Å²) in [5.41, 5.74) is 14.7. The summed E-state index contributed by atoms with van der Waals surface area (Å²) in [7, 11) is 0. The van der Waals surface area contributed by atoms with Gasteiger partial charge in [0.15, 0.2) is 12.2 Å². The summed E-state index contributed by atoms with van der Waals surface area (Å²) in [5, 5.41) is 0. The normalized spacial score (nSPS) is 13.6. The van der Waals surface area contributed by atoms with Crippen molar-refractivity contribution in [2.24, 2.45) is 0 Å². The predicted molar refractivity (Wildman–Crippen MR) is 248 cm³/mol. The van der Waals surface area contributed by atoms with Crippen LogP contribution >= 0.6 is 0 Å². The molecule has 0 amide bonds. The molecule has 330 valence electrons. The zero-order valence-electron chi connectivity index (χ0n) is 37.3. The molecule has 4 heterocycles. The topological polar surface area (TPSA) is 13.7 Å². The molecule has 0 aliphatic carbocycles. The van der Waals surface area contributed by atoms with Crippen LogP contribution in [0.4, 0.5) is 26.3 Å². The molecule has 64 heavy (non-hydrogen) atoms. The van der Waals surface area contributed by atoms with Crippen molar-refractivity contribution in [3.05, 3.63) is 212 Å². The molecule has 0 saturated carbocycles. The predicted octanol–water partition coefficient (Wildman–Crippen LogP) is 14.4. The van der Waals surface area contributed by atoms with E-state index in [2.05, 4.69) is 73.6 Å². The second-order valence-electron chi connectivity index (χ2n) is 16.8. The average Bonchev–Trinajstić information content (AvgIpc) is 3.60. The first-order valence-electron chi connectivity index (χ1n) is 21.7. The number of hydrogen-bond donors (Lipinski definition) is 0. The maximum absolute atomic E-state index is 13.5. The van der Waals surface area contributed by atoms with Crippen molar-refractivity contribution in [2.75, 3.05) is 0 Å². The Hall–Kier alpha value is -6.35. The minimum Gasteiger partial charge on any atom is -0.318 e. The molecule has 3 aromatic carbocycles. The molecule has 1 aliphatic rings. The van der Waals surface area contributed by atoms with Crippen LogP contribution in [0.15, 0.2) is 133 Å². The van der Waals surface area contributed by atoms with Crippen LogP contribution < -0.4 is 4.57 Å². The fourth-order valence-electron chi connectivity index (χ4n) is 9.01. The zero-order chi connectivity index (χ0) is 45.9. The maximum Gasteiger partial charge on any atom is 0.416 e. The number of pyridine rings is 1. The van der Waals surface area contributed by atoms with Gasteiger partial charge in [0.25, 0.3) is 0 Å². The van der Waals surface area contributed by atoms with Gasteiger partial charge in [-0.1, -0.05) is 80.1 Å². The van der Waals surface area contributed by atoms with Gasteiger partial charge in [0.1, 0.15) is 0 Å². The Morgan fingerprint density at radius 1 is 0.719 bits per heavy atom. The van der Waals surface area contributed by atoms with Crippen LogP contribution in [-0.2, 0) is 44.6 Å². The van der Waals surface area contributed by atoms with Gasteiger partial charge in [-0.3, -0.25) is 0 Å². The Kier molecular flexibility index (Phi) is 13.4. The van der Waals surface area contributed by atoms with Gasteiger partial charge in [0.05, 0.1) is 17.5 Å². The maximum atomic E-state index is 13.5. The van der Waals surface area contributed by atoms with E-state index < -0.39 is 23.5 Å². The molecular weight excluding hydrogens is 817 g/mol. The first-order chi connectivity index (χ1) is 30.4. The van der Waals surface area contributed by atoms with Crippen LogP contribution in [0.5, 0.6) is 0 Å². The third-order valence-corrected chi connectivity index (χ3v) is 12.2. The number of benzene rings is 3. The van der Waals surface area contributed by atoms with Gasteiger partial charge >= 0.3 is 12.4 Å². The van der Waals surface area contributed by atoms with Crippen LogP contribution in [0.1, 0.15) is 98.9 Å². The molecule has 0 atom stereocenters. The third kappa shape index (κ3) is 10.0. The van der Waals surface area contributed by atoms with E-state index in [0.717, 1.165) is 96.0 Å². The number of allylic oxidation sites excluding steroid dienone is 6. The lowest BCUT2D eigenvalue weighted by Crippen LogP contribution is -2.41. The summed E-state index contributed by atoms with van der Waals surface area (Å²) >= 11 is 0. The molecule has 0 spiro atoms. The number of aromatic nitrogens is 3. The Morgan fingerprint density at radius 3 is 1.91 bits per heavy atom. The minimum absolute atomic E-state index is 0.470. The van der Waals surface area contributed by atoms with Gasteiger partial charge in [-0.15, -0.1) is 0 Å². The van der Waals surface area contributed by atoms with E-state index in [4.69, 9.17) is 0 Å². The molecule has 3 aromatic heterocycles. The number of halogens is 6. The van der Waals surface area contributed by atoms with Crippen molar-refractivity contribution in [2.45, 2.75) is 92.5 Å². The highest BCUT2D eigenvalue weighted by Crippen LogP contribution is 2.34. The smallest absolute Gasteiger partial charge is 0.318 e. The highest BCUT2D eigenvalue weighted by atomic mass is 19.4. The fraction of sp³-hybridized carbons (Fsp3) is 0.255. The second kappa shape index (κ2) is 18.8.